The van der Waals surface area contributed by atoms with Crippen molar-refractivity contribution in [2.45, 2.75) is 24.8 Å². The van der Waals surface area contributed by atoms with E-state index in [4.69, 9.17) is 12.2 Å². The summed E-state index contributed by atoms with van der Waals surface area (Å²) in [5.41, 5.74) is 2.10. The third-order valence-corrected chi connectivity index (χ3v) is 5.43. The van der Waals surface area contributed by atoms with Crippen LogP contribution in [0.25, 0.3) is 11.4 Å². The molecule has 1 heterocycles. The molecule has 0 atom stereocenters. The van der Waals surface area contributed by atoms with Gasteiger partial charge in [0.25, 0.3) is 0 Å². The van der Waals surface area contributed by atoms with Crippen LogP contribution in [0.4, 0.5) is 0 Å². The second-order valence-corrected chi connectivity index (χ2v) is 7.72. The largest absolute Gasteiger partial charge is 0.355 e. The minimum absolute atomic E-state index is 0.0643. The molecule has 0 saturated heterocycles. The molecule has 1 amide bonds. The highest BCUT2D eigenvalue weighted by molar-refractivity contribution is 7.99. The van der Waals surface area contributed by atoms with Gasteiger partial charge in [0, 0.05) is 17.0 Å². The van der Waals surface area contributed by atoms with Crippen molar-refractivity contribution in [2.75, 3.05) is 12.3 Å². The van der Waals surface area contributed by atoms with Crippen molar-refractivity contribution < 1.29 is 4.79 Å². The zero-order valence-electron chi connectivity index (χ0n) is 15.1. The molecule has 1 aromatic heterocycles. The fourth-order valence-electron chi connectivity index (χ4n) is 2.59. The lowest BCUT2D eigenvalue weighted by molar-refractivity contribution is -0.121. The van der Waals surface area contributed by atoms with Crippen molar-refractivity contribution in [1.29, 1.82) is 0 Å². The van der Waals surface area contributed by atoms with Gasteiger partial charge in [-0.05, 0) is 43.4 Å². The van der Waals surface area contributed by atoms with Crippen molar-refractivity contribution in [3.63, 3.8) is 0 Å². The summed E-state index contributed by atoms with van der Waals surface area (Å²) in [5.74, 6) is 1.57. The molecule has 3 aromatic rings. The van der Waals surface area contributed by atoms with E-state index >= 15 is 0 Å². The Kier molecular flexibility index (Phi) is 6.84. The smallest absolute Gasteiger partial charge is 0.240 e. The Morgan fingerprint density at radius 3 is 2.67 bits per heavy atom. The van der Waals surface area contributed by atoms with E-state index < -0.39 is 0 Å². The summed E-state index contributed by atoms with van der Waals surface area (Å²) in [6.45, 7) is 2.83. The first-order chi connectivity index (χ1) is 13.1. The number of carbonyl (C=O) groups is 1. The Bertz CT molecular complexity index is 933. The van der Waals surface area contributed by atoms with Crippen LogP contribution < -0.4 is 5.32 Å². The molecule has 2 N–H and O–H groups in total. The zero-order valence-corrected chi connectivity index (χ0v) is 16.8. The number of rotatable bonds is 8. The zero-order chi connectivity index (χ0) is 19.1. The summed E-state index contributed by atoms with van der Waals surface area (Å²) in [6, 6.07) is 18.3. The maximum atomic E-state index is 12.3. The number of aromatic amines is 1. The first kappa shape index (κ1) is 19.4. The van der Waals surface area contributed by atoms with E-state index in [0.29, 0.717) is 17.1 Å². The molecule has 2 aromatic carbocycles. The predicted octanol–water partition coefficient (Wildman–Crippen LogP) is 4.21. The van der Waals surface area contributed by atoms with E-state index in [0.717, 1.165) is 17.7 Å². The minimum atomic E-state index is -0.0643. The molecule has 140 valence electrons. The third kappa shape index (κ3) is 5.55. The predicted molar refractivity (Wildman–Crippen MR) is 112 cm³/mol. The van der Waals surface area contributed by atoms with Crippen LogP contribution in [0.1, 0.15) is 12.0 Å². The summed E-state index contributed by atoms with van der Waals surface area (Å²) in [7, 11) is 0. The van der Waals surface area contributed by atoms with Crippen molar-refractivity contribution in [3.8, 4) is 11.4 Å². The van der Waals surface area contributed by atoms with E-state index in [1.807, 2.05) is 49.4 Å². The van der Waals surface area contributed by atoms with Gasteiger partial charge >= 0.3 is 0 Å². The van der Waals surface area contributed by atoms with Gasteiger partial charge in [-0.3, -0.25) is 14.5 Å². The van der Waals surface area contributed by atoms with Crippen molar-refractivity contribution in [1.82, 2.24) is 20.1 Å². The van der Waals surface area contributed by atoms with Gasteiger partial charge in [0.1, 0.15) is 6.54 Å². The molecular weight excluding hydrogens is 376 g/mol. The summed E-state index contributed by atoms with van der Waals surface area (Å²) < 4.78 is 2.17. The molecule has 0 saturated carbocycles. The van der Waals surface area contributed by atoms with Crippen LogP contribution >= 0.6 is 24.0 Å². The highest BCUT2D eigenvalue weighted by Crippen LogP contribution is 2.18. The summed E-state index contributed by atoms with van der Waals surface area (Å²) in [6.07, 6.45) is 0.910. The molecule has 0 bridgehead atoms. The molecule has 5 nitrogen and oxygen atoms in total. The second kappa shape index (κ2) is 9.53. The Balaban J connectivity index is 1.50. The van der Waals surface area contributed by atoms with Crippen molar-refractivity contribution in [3.05, 3.63) is 64.9 Å². The molecule has 3 rings (SSSR count). The number of amides is 1. The fourth-order valence-corrected chi connectivity index (χ4v) is 3.66. The van der Waals surface area contributed by atoms with Gasteiger partial charge in [-0.2, -0.15) is 5.10 Å². The number of nitrogens with zero attached hydrogens (tertiary/aromatic N) is 2. The van der Waals surface area contributed by atoms with Crippen LogP contribution in [0.5, 0.6) is 0 Å². The quantitative estimate of drug-likeness (QED) is 0.339. The Labute approximate surface area is 168 Å². The highest BCUT2D eigenvalue weighted by Gasteiger charge is 2.12. The first-order valence-electron chi connectivity index (χ1n) is 8.80. The number of hydrogen-bond donors (Lipinski definition) is 2. The van der Waals surface area contributed by atoms with Gasteiger partial charge in [0.15, 0.2) is 10.6 Å². The molecular formula is C20H22N4OS2. The number of nitrogens with one attached hydrogen (secondary N) is 2. The van der Waals surface area contributed by atoms with Crippen LogP contribution in [0.3, 0.4) is 0 Å². The topological polar surface area (TPSA) is 62.7 Å². The van der Waals surface area contributed by atoms with Gasteiger partial charge in [-0.25, -0.2) is 0 Å². The highest BCUT2D eigenvalue weighted by atomic mass is 32.2. The van der Waals surface area contributed by atoms with E-state index in [1.54, 1.807) is 16.3 Å². The third-order valence-electron chi connectivity index (χ3n) is 4.02. The molecule has 0 radical (unpaired) electrons. The Morgan fingerprint density at radius 2 is 1.93 bits per heavy atom. The van der Waals surface area contributed by atoms with Gasteiger partial charge in [-0.1, -0.05) is 48.0 Å². The lowest BCUT2D eigenvalue weighted by Gasteiger charge is -2.08. The molecule has 7 heteroatoms. The van der Waals surface area contributed by atoms with Gasteiger partial charge in [-0.15, -0.1) is 11.8 Å². The number of hydrogen-bond acceptors (Lipinski definition) is 4. The normalized spacial score (nSPS) is 10.7. The van der Waals surface area contributed by atoms with E-state index in [2.05, 4.69) is 27.6 Å². The Hall–Kier alpha value is -2.38. The average Bonchev–Trinajstić information content (AvgIpc) is 3.03. The van der Waals surface area contributed by atoms with Crippen LogP contribution in [-0.2, 0) is 11.3 Å². The number of benzene rings is 2. The van der Waals surface area contributed by atoms with Crippen LogP contribution in [0.2, 0.25) is 0 Å². The van der Waals surface area contributed by atoms with Gasteiger partial charge in [0.2, 0.25) is 5.91 Å². The summed E-state index contributed by atoms with van der Waals surface area (Å²) in [4.78, 5) is 13.6. The van der Waals surface area contributed by atoms with Crippen molar-refractivity contribution >= 4 is 29.9 Å². The molecule has 0 aliphatic carbocycles. The lowest BCUT2D eigenvalue weighted by atomic mass is 10.1. The minimum Gasteiger partial charge on any atom is -0.355 e. The summed E-state index contributed by atoms with van der Waals surface area (Å²) in [5, 5.41) is 10.0. The van der Waals surface area contributed by atoms with Crippen LogP contribution in [0, 0.1) is 11.7 Å². The molecule has 0 fully saturated rings. The molecule has 27 heavy (non-hydrogen) atoms. The number of carbonyl (C=O) groups excluding carboxylic acids is 1. The maximum Gasteiger partial charge on any atom is 0.240 e. The molecule has 0 aliphatic rings. The van der Waals surface area contributed by atoms with E-state index in [1.165, 1.54) is 10.5 Å². The second-order valence-electron chi connectivity index (χ2n) is 6.17. The van der Waals surface area contributed by atoms with Crippen LogP contribution in [0.15, 0.2) is 59.5 Å². The van der Waals surface area contributed by atoms with Crippen LogP contribution in [-0.4, -0.2) is 33.0 Å². The maximum absolute atomic E-state index is 12.3. The molecule has 0 spiro atoms. The number of aryl methyl sites for hydroxylation is 1. The van der Waals surface area contributed by atoms with Gasteiger partial charge in [0.05, 0.1) is 0 Å². The first-order valence-corrected chi connectivity index (χ1v) is 10.2. The summed E-state index contributed by atoms with van der Waals surface area (Å²) >= 11 is 7.08. The number of thioether (sulfide) groups is 1. The number of H-pyrrole nitrogens is 1. The Morgan fingerprint density at radius 1 is 1.19 bits per heavy atom. The average molecular weight is 399 g/mol. The van der Waals surface area contributed by atoms with E-state index in [-0.39, 0.29) is 12.5 Å². The van der Waals surface area contributed by atoms with Crippen molar-refractivity contribution in [2.24, 2.45) is 0 Å². The number of aromatic nitrogens is 3. The standard InChI is InChI=1S/C20H22N4OS2/c1-15-8-10-16(11-9-15)19-22-23-20(26)24(19)14-18(25)21-12-5-13-27-17-6-3-2-4-7-17/h2-4,6-11H,5,12-14H2,1H3,(H,21,25)(H,23,26). The fraction of sp³-hybridized carbons (Fsp3) is 0.250. The molecule has 0 unspecified atom stereocenters. The van der Waals surface area contributed by atoms with Gasteiger partial charge < -0.3 is 5.32 Å². The lowest BCUT2D eigenvalue weighted by Crippen LogP contribution is -2.29. The van der Waals surface area contributed by atoms with E-state index in [9.17, 15) is 4.79 Å². The SMILES string of the molecule is Cc1ccc(-c2n[nH]c(=S)n2CC(=O)NCCCSc2ccccc2)cc1. The monoisotopic (exact) mass is 398 g/mol. The molecule has 0 aliphatic heterocycles.